The van der Waals surface area contributed by atoms with Crippen LogP contribution >= 0.6 is 0 Å². The molecule has 1 aliphatic heterocycles. The fraction of sp³-hybridized carbons (Fsp3) is 0.857. The first-order valence-corrected chi connectivity index (χ1v) is 7.14. The van der Waals surface area contributed by atoms with Crippen LogP contribution in [-0.4, -0.2) is 52.6 Å². The van der Waals surface area contributed by atoms with Crippen molar-refractivity contribution in [2.24, 2.45) is 5.41 Å². The number of nitrogens with zero attached hydrogens (tertiary/aromatic N) is 2. The third-order valence-electron chi connectivity index (χ3n) is 4.36. The smallest absolute Gasteiger partial charge is 0.320 e. The molecule has 19 heavy (non-hydrogen) atoms. The minimum absolute atomic E-state index is 0.0456. The van der Waals surface area contributed by atoms with Gasteiger partial charge in [0.1, 0.15) is 0 Å². The molecule has 1 rings (SSSR count). The highest BCUT2D eigenvalue weighted by atomic mass is 16.4. The van der Waals surface area contributed by atoms with E-state index < -0.39 is 11.4 Å². The van der Waals surface area contributed by atoms with E-state index in [1.54, 1.807) is 11.8 Å². The van der Waals surface area contributed by atoms with Gasteiger partial charge >= 0.3 is 12.0 Å². The van der Waals surface area contributed by atoms with E-state index in [-0.39, 0.29) is 12.1 Å². The zero-order valence-corrected chi connectivity index (χ0v) is 12.5. The summed E-state index contributed by atoms with van der Waals surface area (Å²) in [6.45, 7) is 9.63. The zero-order valence-electron chi connectivity index (χ0n) is 12.5. The van der Waals surface area contributed by atoms with Gasteiger partial charge in [-0.2, -0.15) is 0 Å². The number of likely N-dealkylation sites (tertiary alicyclic amines) is 1. The van der Waals surface area contributed by atoms with Crippen LogP contribution in [-0.2, 0) is 4.79 Å². The van der Waals surface area contributed by atoms with Crippen LogP contribution in [0.3, 0.4) is 0 Å². The number of urea groups is 1. The zero-order chi connectivity index (χ0) is 14.6. The van der Waals surface area contributed by atoms with E-state index in [4.69, 9.17) is 0 Å². The average molecular weight is 270 g/mol. The van der Waals surface area contributed by atoms with E-state index in [0.29, 0.717) is 32.5 Å². The van der Waals surface area contributed by atoms with Crippen LogP contribution in [0.4, 0.5) is 4.79 Å². The Hall–Kier alpha value is -1.26. The Morgan fingerprint density at radius 1 is 1.32 bits per heavy atom. The van der Waals surface area contributed by atoms with Gasteiger partial charge in [-0.15, -0.1) is 0 Å². The molecule has 1 saturated heterocycles. The molecule has 0 aromatic rings. The molecule has 0 aromatic carbocycles. The molecule has 1 unspecified atom stereocenters. The molecule has 0 saturated carbocycles. The second kappa shape index (κ2) is 6.26. The van der Waals surface area contributed by atoms with Crippen molar-refractivity contribution in [1.29, 1.82) is 0 Å². The van der Waals surface area contributed by atoms with Crippen LogP contribution in [0.5, 0.6) is 0 Å². The molecule has 0 spiro atoms. The Morgan fingerprint density at radius 3 is 2.21 bits per heavy atom. The molecule has 2 amide bonds. The summed E-state index contributed by atoms with van der Waals surface area (Å²) in [4.78, 5) is 27.3. The number of carbonyl (C=O) groups is 2. The molecule has 1 heterocycles. The first-order chi connectivity index (χ1) is 8.85. The van der Waals surface area contributed by atoms with E-state index in [9.17, 15) is 14.7 Å². The van der Waals surface area contributed by atoms with E-state index in [0.717, 1.165) is 6.42 Å². The van der Waals surface area contributed by atoms with Crippen molar-refractivity contribution in [1.82, 2.24) is 9.80 Å². The Balaban J connectivity index is 2.64. The van der Waals surface area contributed by atoms with Crippen molar-refractivity contribution in [2.45, 2.75) is 53.0 Å². The fourth-order valence-electron chi connectivity index (χ4n) is 2.44. The maximum atomic E-state index is 12.4. The summed E-state index contributed by atoms with van der Waals surface area (Å²) in [6.07, 6.45) is 2.00. The van der Waals surface area contributed by atoms with E-state index in [1.807, 2.05) is 18.7 Å². The van der Waals surface area contributed by atoms with Crippen LogP contribution in [0, 0.1) is 5.41 Å². The average Bonchev–Trinajstić information content (AvgIpc) is 2.39. The number of carboxylic acids is 1. The lowest BCUT2D eigenvalue weighted by Crippen LogP contribution is -2.52. The van der Waals surface area contributed by atoms with Crippen LogP contribution in [0.1, 0.15) is 47.0 Å². The molecule has 110 valence electrons. The molecular weight excluding hydrogens is 244 g/mol. The number of carbonyl (C=O) groups excluding carboxylic acids is 1. The van der Waals surface area contributed by atoms with Gasteiger partial charge in [0.2, 0.25) is 0 Å². The van der Waals surface area contributed by atoms with Gasteiger partial charge in [0, 0.05) is 25.7 Å². The molecule has 1 aliphatic rings. The molecule has 0 aromatic heterocycles. The highest BCUT2D eigenvalue weighted by molar-refractivity contribution is 5.77. The van der Waals surface area contributed by atoms with Crippen LogP contribution in [0.2, 0.25) is 0 Å². The Labute approximate surface area is 115 Å². The minimum atomic E-state index is -0.756. The van der Waals surface area contributed by atoms with E-state index >= 15 is 0 Å². The lowest BCUT2D eigenvalue weighted by Gasteiger charge is -2.40. The summed E-state index contributed by atoms with van der Waals surface area (Å²) >= 11 is 0. The summed E-state index contributed by atoms with van der Waals surface area (Å²) in [5, 5.41) is 9.19. The number of amides is 2. The molecule has 1 fully saturated rings. The largest absolute Gasteiger partial charge is 0.481 e. The summed E-state index contributed by atoms with van der Waals surface area (Å²) in [5.74, 6) is -0.756. The summed E-state index contributed by atoms with van der Waals surface area (Å²) in [5.41, 5.74) is -0.676. The highest BCUT2D eigenvalue weighted by Crippen LogP contribution is 2.31. The molecule has 1 N–H and O–H groups in total. The van der Waals surface area contributed by atoms with Crippen molar-refractivity contribution < 1.29 is 14.7 Å². The number of piperidine rings is 1. The normalized spacial score (nSPS) is 19.9. The molecular formula is C14H26N2O3. The maximum absolute atomic E-state index is 12.4. The predicted octanol–water partition coefficient (Wildman–Crippen LogP) is 2.41. The second-order valence-electron chi connectivity index (χ2n) is 5.68. The van der Waals surface area contributed by atoms with Gasteiger partial charge in [0.25, 0.3) is 0 Å². The van der Waals surface area contributed by atoms with Gasteiger partial charge in [-0.3, -0.25) is 4.79 Å². The van der Waals surface area contributed by atoms with Crippen molar-refractivity contribution in [2.75, 3.05) is 19.6 Å². The van der Waals surface area contributed by atoms with Crippen LogP contribution < -0.4 is 0 Å². The molecule has 0 radical (unpaired) electrons. The van der Waals surface area contributed by atoms with Crippen molar-refractivity contribution in [3.8, 4) is 0 Å². The van der Waals surface area contributed by atoms with E-state index in [1.165, 1.54) is 0 Å². The summed E-state index contributed by atoms with van der Waals surface area (Å²) in [6, 6.07) is 0.273. The maximum Gasteiger partial charge on any atom is 0.320 e. The van der Waals surface area contributed by atoms with Gasteiger partial charge in [-0.25, -0.2) is 4.79 Å². The first-order valence-electron chi connectivity index (χ1n) is 7.14. The fourth-order valence-corrected chi connectivity index (χ4v) is 2.44. The number of rotatable bonds is 4. The number of hydrogen-bond acceptors (Lipinski definition) is 2. The first kappa shape index (κ1) is 15.8. The van der Waals surface area contributed by atoms with Gasteiger partial charge in [0.05, 0.1) is 5.41 Å². The molecule has 0 bridgehead atoms. The molecule has 0 aliphatic carbocycles. The number of aliphatic carboxylic acids is 1. The van der Waals surface area contributed by atoms with Crippen molar-refractivity contribution in [3.63, 3.8) is 0 Å². The SMILES string of the molecule is CCC(C)N(CC)C(=O)N1CCC(C)(C(=O)O)CC1. The topological polar surface area (TPSA) is 60.9 Å². The summed E-state index contributed by atoms with van der Waals surface area (Å²) < 4.78 is 0. The van der Waals surface area contributed by atoms with E-state index in [2.05, 4.69) is 6.92 Å². The summed E-state index contributed by atoms with van der Waals surface area (Å²) in [7, 11) is 0. The molecule has 5 heteroatoms. The minimum Gasteiger partial charge on any atom is -0.481 e. The van der Waals surface area contributed by atoms with Crippen molar-refractivity contribution in [3.05, 3.63) is 0 Å². The quantitative estimate of drug-likeness (QED) is 0.853. The van der Waals surface area contributed by atoms with Crippen LogP contribution in [0.15, 0.2) is 0 Å². The monoisotopic (exact) mass is 270 g/mol. The Kier molecular flexibility index (Phi) is 5.20. The highest BCUT2D eigenvalue weighted by Gasteiger charge is 2.39. The van der Waals surface area contributed by atoms with Gasteiger partial charge < -0.3 is 14.9 Å². The van der Waals surface area contributed by atoms with Crippen LogP contribution in [0.25, 0.3) is 0 Å². The second-order valence-corrected chi connectivity index (χ2v) is 5.68. The number of hydrogen-bond donors (Lipinski definition) is 1. The lowest BCUT2D eigenvalue weighted by molar-refractivity contribution is -0.150. The lowest BCUT2D eigenvalue weighted by atomic mass is 9.80. The van der Waals surface area contributed by atoms with Gasteiger partial charge in [0.15, 0.2) is 0 Å². The number of carboxylic acid groups (broad SMARTS) is 1. The Bertz CT molecular complexity index is 336. The molecule has 5 nitrogen and oxygen atoms in total. The standard InChI is InChI=1S/C14H26N2O3/c1-5-11(3)16(6-2)13(19)15-9-7-14(4,8-10-15)12(17)18/h11H,5-10H2,1-4H3,(H,17,18). The van der Waals surface area contributed by atoms with Gasteiger partial charge in [-0.05, 0) is 40.0 Å². The third-order valence-corrected chi connectivity index (χ3v) is 4.36. The third kappa shape index (κ3) is 3.39. The van der Waals surface area contributed by atoms with Crippen molar-refractivity contribution >= 4 is 12.0 Å². The predicted molar refractivity (Wildman–Crippen MR) is 74.1 cm³/mol. The Morgan fingerprint density at radius 2 is 1.84 bits per heavy atom. The molecule has 1 atom stereocenters. The van der Waals surface area contributed by atoms with Gasteiger partial charge in [-0.1, -0.05) is 6.92 Å².